The van der Waals surface area contributed by atoms with Gasteiger partial charge in [0.05, 0.1) is 61.5 Å². The number of carboxylic acids is 1. The number of nitrogens with zero attached hydrogens (tertiary/aromatic N) is 6. The number of aliphatic carboxylic acids is 1. The number of primary amides is 1. The van der Waals surface area contributed by atoms with Crippen molar-refractivity contribution in [3.05, 3.63) is 62.9 Å². The van der Waals surface area contributed by atoms with E-state index < -0.39 is 90.6 Å². The summed E-state index contributed by atoms with van der Waals surface area (Å²) >= 11 is 0. The summed E-state index contributed by atoms with van der Waals surface area (Å²) in [5.74, 6) is -6.90. The molecule has 0 saturated heterocycles. The molecule has 0 bridgehead atoms. The van der Waals surface area contributed by atoms with E-state index in [1.807, 2.05) is 82.8 Å². The van der Waals surface area contributed by atoms with Crippen LogP contribution < -0.4 is 32.6 Å². The van der Waals surface area contributed by atoms with Crippen molar-refractivity contribution in [3.8, 4) is 11.4 Å². The normalized spacial score (nSPS) is 13.1. The van der Waals surface area contributed by atoms with Gasteiger partial charge in [-0.15, -0.1) is 0 Å². The fourth-order valence-corrected chi connectivity index (χ4v) is 8.30. The first kappa shape index (κ1) is 67.8. The van der Waals surface area contributed by atoms with Crippen LogP contribution in [0.2, 0.25) is 0 Å². The molecule has 0 aliphatic carbocycles. The van der Waals surface area contributed by atoms with Crippen molar-refractivity contribution in [1.82, 2.24) is 50.4 Å². The summed E-state index contributed by atoms with van der Waals surface area (Å²) in [5, 5.41) is 19.7. The third kappa shape index (κ3) is 21.5. The number of ether oxygens (including phenoxy) is 2. The van der Waals surface area contributed by atoms with Crippen molar-refractivity contribution in [2.45, 2.75) is 119 Å². The predicted octanol–water partition coefficient (Wildman–Crippen LogP) is 1.71. The van der Waals surface area contributed by atoms with Gasteiger partial charge in [0.15, 0.2) is 0 Å². The second-order valence-electron chi connectivity index (χ2n) is 18.5. The van der Waals surface area contributed by atoms with Gasteiger partial charge in [-0.05, 0) is 51.7 Å². The van der Waals surface area contributed by atoms with Crippen molar-refractivity contribution < 1.29 is 57.7 Å². The molecule has 7 N–H and O–H groups in total. The summed E-state index contributed by atoms with van der Waals surface area (Å²) in [4.78, 5) is 138. The largest absolute Gasteiger partial charge is 0.481 e. The minimum Gasteiger partial charge on any atom is -0.481 e. The first-order valence-corrected chi connectivity index (χ1v) is 27.2. The van der Waals surface area contributed by atoms with Crippen molar-refractivity contribution in [3.63, 3.8) is 0 Å². The maximum Gasteiger partial charge on any atom is 0.352 e. The molecule has 1 aromatic carbocycles. The van der Waals surface area contributed by atoms with Crippen molar-refractivity contribution in [1.29, 1.82) is 0 Å². The van der Waals surface area contributed by atoms with E-state index in [4.69, 9.17) is 25.3 Å². The van der Waals surface area contributed by atoms with E-state index in [-0.39, 0.29) is 56.8 Å². The Balaban J connectivity index is 0.00000291. The quantitative estimate of drug-likeness (QED) is 0.0441. The lowest BCUT2D eigenvalue weighted by molar-refractivity contribution is -0.171. The predicted molar refractivity (Wildman–Crippen MR) is 298 cm³/mol. The third-order valence-corrected chi connectivity index (χ3v) is 12.1. The first-order valence-electron chi connectivity index (χ1n) is 27.2. The number of likely N-dealkylation sites (N-methyl/N-ethyl adjacent to an activating group) is 3. The Morgan fingerprint density at radius 1 is 0.785 bits per heavy atom. The highest BCUT2D eigenvalue weighted by Gasteiger charge is 2.38. The van der Waals surface area contributed by atoms with Crippen LogP contribution in [-0.4, -0.2) is 187 Å². The van der Waals surface area contributed by atoms with Gasteiger partial charge in [-0.25, -0.2) is 9.78 Å². The lowest BCUT2D eigenvalue weighted by Gasteiger charge is -2.28. The molecule has 2 aliphatic rings. The summed E-state index contributed by atoms with van der Waals surface area (Å²) < 4.78 is 12.4. The zero-order valence-corrected chi connectivity index (χ0v) is 48.1. The Hall–Kier alpha value is -7.31. The molecular formula is C55H85N11O13. The van der Waals surface area contributed by atoms with Crippen LogP contribution >= 0.6 is 0 Å². The molecule has 2 atom stereocenters. The fourth-order valence-electron chi connectivity index (χ4n) is 8.30. The third-order valence-electron chi connectivity index (χ3n) is 12.1. The monoisotopic (exact) mass is 1110 g/mol. The van der Waals surface area contributed by atoms with Crippen LogP contribution in [0.4, 0.5) is 0 Å². The Morgan fingerprint density at radius 2 is 1.41 bits per heavy atom. The number of hydrogen-bond acceptors (Lipinski definition) is 16. The van der Waals surface area contributed by atoms with E-state index in [1.165, 1.54) is 6.42 Å². The molecule has 79 heavy (non-hydrogen) atoms. The standard InChI is InChI=1S/C48H65N11O13.C3H8.2C2H6/c1-6-15-58(47(69)35(22-37(49)60)53-41(64)26-57(5)20-19-56(4)18-17-55(3)16-14-50-39(62)23-51-38(61)12-13-42(65)66)27-40(63)52-24-43(67)72-45-31-21-36-44-32(25-59(36)46(68)33(31)28-71-48(45)70)29(7-2)30-10-8-9-11-34(30)54-44;1-3-2;2*1-2/h8-11,21,35,45H,6-7,12-20,22-28H2,1-5H3,(H2,49,60)(H,50,62)(H,51,61)(H,52,63)(H,53,64)(H,65,66);3H2,1-2H3;2*1-2H3/t35-,45?;;;/m0.../s1. The topological polar surface area (TPSA) is 314 Å². The Morgan fingerprint density at radius 3 is 2.03 bits per heavy atom. The van der Waals surface area contributed by atoms with Crippen LogP contribution in [0.15, 0.2) is 35.1 Å². The molecular weight excluding hydrogens is 1020 g/mol. The van der Waals surface area contributed by atoms with E-state index in [2.05, 4.69) is 35.1 Å². The van der Waals surface area contributed by atoms with Crippen molar-refractivity contribution in [2.24, 2.45) is 5.73 Å². The number of aryl methyl sites for hydroxylation is 1. The van der Waals surface area contributed by atoms with E-state index >= 15 is 0 Å². The number of benzene rings is 1. The maximum absolute atomic E-state index is 13.8. The zero-order chi connectivity index (χ0) is 59.4. The smallest absolute Gasteiger partial charge is 0.352 e. The molecule has 3 aromatic rings. The van der Waals surface area contributed by atoms with E-state index in [0.29, 0.717) is 63.5 Å². The van der Waals surface area contributed by atoms with Gasteiger partial charge in [-0.3, -0.25) is 48.1 Å². The van der Waals surface area contributed by atoms with Gasteiger partial charge in [0, 0.05) is 68.7 Å². The number of carboxylic acid groups (broad SMARTS) is 1. The fraction of sp³-hybridized carbons (Fsp3) is 0.582. The summed E-state index contributed by atoms with van der Waals surface area (Å²) in [6.45, 7) is 17.6. The van der Waals surface area contributed by atoms with Gasteiger partial charge in [0.2, 0.25) is 41.5 Å². The second-order valence-corrected chi connectivity index (χ2v) is 18.5. The number of esters is 2. The number of nitrogens with one attached hydrogen (secondary N) is 4. The highest BCUT2D eigenvalue weighted by molar-refractivity contribution is 5.95. The molecule has 0 fully saturated rings. The van der Waals surface area contributed by atoms with Crippen LogP contribution in [0.5, 0.6) is 0 Å². The molecule has 4 heterocycles. The number of fused-ring (bicyclic) bond motifs is 5. The maximum atomic E-state index is 13.8. The van der Waals surface area contributed by atoms with Gasteiger partial charge in [-0.1, -0.05) is 80.0 Å². The minimum absolute atomic E-state index is 0.0488. The number of pyridine rings is 2. The van der Waals surface area contributed by atoms with Crippen LogP contribution in [0, 0.1) is 0 Å². The number of para-hydroxylation sites is 1. The molecule has 0 radical (unpaired) electrons. The average Bonchev–Trinajstić information content (AvgIpc) is 3.87. The molecule has 0 saturated carbocycles. The van der Waals surface area contributed by atoms with Gasteiger partial charge >= 0.3 is 17.9 Å². The Bertz CT molecular complexity index is 2620. The number of amides is 6. The van der Waals surface area contributed by atoms with E-state index in [9.17, 15) is 47.9 Å². The second kappa shape index (κ2) is 35.2. The summed E-state index contributed by atoms with van der Waals surface area (Å²) in [6, 6.07) is 7.90. The molecule has 0 spiro atoms. The van der Waals surface area contributed by atoms with Crippen LogP contribution in [-0.2, 0) is 72.2 Å². The molecule has 2 aromatic heterocycles. The molecule has 6 amide bonds. The van der Waals surface area contributed by atoms with Crippen LogP contribution in [0.1, 0.15) is 116 Å². The van der Waals surface area contributed by atoms with Crippen molar-refractivity contribution >= 4 is 64.3 Å². The Kier molecular flexibility index (Phi) is 30.3. The molecule has 24 heteroatoms. The van der Waals surface area contributed by atoms with Crippen molar-refractivity contribution in [2.75, 3.05) is 93.1 Å². The SMILES string of the molecule is CC.CC.CCC.CCCN(CC(=O)NCC(=O)OC1C(=O)OCc2c1cc1n(c2=O)Cc2c-1nc1ccccc1c2CC)C(=O)[C@H](CC(N)=O)NC(=O)CN(C)CCN(C)CCN(C)CCNC(=O)CNC(=O)CCC(=O)O. The molecule has 438 valence electrons. The first-order chi connectivity index (χ1) is 37.7. The molecule has 1 unspecified atom stereocenters. The molecule has 24 nitrogen and oxygen atoms in total. The van der Waals surface area contributed by atoms with Crippen LogP contribution in [0.3, 0.4) is 0 Å². The van der Waals surface area contributed by atoms with Gasteiger partial charge in [0.1, 0.15) is 19.2 Å². The summed E-state index contributed by atoms with van der Waals surface area (Å²) in [5.41, 5.74) is 9.11. The lowest BCUT2D eigenvalue weighted by atomic mass is 9.97. The van der Waals surface area contributed by atoms with E-state index in [0.717, 1.165) is 26.9 Å². The number of hydrogen-bond donors (Lipinski definition) is 6. The number of carbonyl (C=O) groups excluding carboxylic acids is 8. The number of aromatic nitrogens is 2. The lowest BCUT2D eigenvalue weighted by Crippen LogP contribution is -2.54. The highest BCUT2D eigenvalue weighted by atomic mass is 16.6. The summed E-state index contributed by atoms with van der Waals surface area (Å²) in [6.07, 6.45) is -0.342. The Labute approximate surface area is 463 Å². The molecule has 2 aliphatic heterocycles. The van der Waals surface area contributed by atoms with Gasteiger partial charge < -0.3 is 60.8 Å². The highest BCUT2D eigenvalue weighted by Crippen LogP contribution is 2.38. The molecule has 5 rings (SSSR count). The van der Waals surface area contributed by atoms with E-state index in [1.54, 1.807) is 29.5 Å². The summed E-state index contributed by atoms with van der Waals surface area (Å²) in [7, 11) is 5.49. The average molecular weight is 1110 g/mol. The number of rotatable bonds is 28. The van der Waals surface area contributed by atoms with Gasteiger partial charge in [0.25, 0.3) is 5.56 Å². The number of nitrogens with two attached hydrogens (primary N) is 1. The zero-order valence-electron chi connectivity index (χ0n) is 48.1. The number of carbonyl (C=O) groups is 9. The van der Waals surface area contributed by atoms with Gasteiger partial charge in [-0.2, -0.15) is 0 Å². The van der Waals surface area contributed by atoms with Crippen LogP contribution in [0.25, 0.3) is 22.3 Å². The minimum atomic E-state index is -1.61. The number of cyclic esters (lactones) is 1.